The van der Waals surface area contributed by atoms with Crippen LogP contribution in [0.15, 0.2) is 24.3 Å². The molecule has 67 heavy (non-hydrogen) atoms. The van der Waals surface area contributed by atoms with Crippen LogP contribution in [0, 0.1) is 0 Å². The van der Waals surface area contributed by atoms with Crippen molar-refractivity contribution in [2.24, 2.45) is 0 Å². The lowest BCUT2D eigenvalue weighted by atomic mass is 9.98. The van der Waals surface area contributed by atoms with E-state index in [0.717, 1.165) is 19.1 Å². The van der Waals surface area contributed by atoms with Crippen molar-refractivity contribution in [2.75, 3.05) is 18.5 Å². The Bertz CT molecular complexity index is 2850. The normalized spacial score (nSPS) is 22.3. The van der Waals surface area contributed by atoms with Crippen molar-refractivity contribution in [3.05, 3.63) is 29.8 Å². The predicted octanol–water partition coefficient (Wildman–Crippen LogP) is -5.86. The summed E-state index contributed by atoms with van der Waals surface area (Å²) < 4.78 is 310. The van der Waals surface area contributed by atoms with E-state index in [1.165, 1.54) is 12.1 Å². The molecule has 1 heterocycles. The van der Waals surface area contributed by atoms with Crippen LogP contribution >= 0.6 is 0 Å². The SMILES string of the molecule is CC(=O)Nc1cccc(CNC(=O)[C@@H](OS(=O)(=O)O)[C@@H](OS(=O)(=O)O)[C@@H](O[C@@H]2O[C@H](COS(=O)(=O)O)[C@H](OS(=O)(=O)O)[C@H](OS(=O)(=O)O)[C@H]2OS(=O)(=O)O)[C@@H](COS(=O)(=O)O)OS(=O)(=O)O)c1. The Morgan fingerprint density at radius 3 is 1.57 bits per heavy atom. The number of anilines is 1. The van der Waals surface area contributed by atoms with E-state index >= 15 is 0 Å². The Hall–Kier alpha value is -2.96. The van der Waals surface area contributed by atoms with Gasteiger partial charge in [-0.1, -0.05) is 12.1 Å². The van der Waals surface area contributed by atoms with Gasteiger partial charge in [0.2, 0.25) is 5.91 Å². The summed E-state index contributed by atoms with van der Waals surface area (Å²) in [6.07, 6.45) is -32.0. The van der Waals surface area contributed by atoms with Crippen molar-refractivity contribution in [2.45, 2.75) is 68.6 Å². The first kappa shape index (κ1) is 60.2. The quantitative estimate of drug-likeness (QED) is 0.0367. The van der Waals surface area contributed by atoms with Crippen molar-refractivity contribution in [1.29, 1.82) is 0 Å². The summed E-state index contributed by atoms with van der Waals surface area (Å²) in [5.74, 6) is -2.84. The molecule has 0 aliphatic carbocycles. The lowest BCUT2D eigenvalue weighted by Crippen LogP contribution is -2.65. The van der Waals surface area contributed by atoms with Crippen molar-refractivity contribution < 1.29 is 156 Å². The van der Waals surface area contributed by atoms with E-state index in [4.69, 9.17) is 14.0 Å². The first-order valence-electron chi connectivity index (χ1n) is 16.0. The van der Waals surface area contributed by atoms with Crippen LogP contribution in [-0.4, -0.2) is 184 Å². The van der Waals surface area contributed by atoms with Gasteiger partial charge >= 0.3 is 83.2 Å². The maximum atomic E-state index is 13.7. The fourth-order valence-corrected chi connectivity index (χ4v) is 8.63. The van der Waals surface area contributed by atoms with Crippen LogP contribution in [0.25, 0.3) is 0 Å². The van der Waals surface area contributed by atoms with E-state index < -0.39 is 170 Å². The number of nitrogens with one attached hydrogen (secondary N) is 2. The highest BCUT2D eigenvalue weighted by molar-refractivity contribution is 7.82. The minimum atomic E-state index is -6.50. The number of ether oxygens (including phenoxy) is 2. The van der Waals surface area contributed by atoms with Crippen molar-refractivity contribution in [1.82, 2.24) is 5.32 Å². The Morgan fingerprint density at radius 1 is 0.612 bits per heavy atom. The molecule has 1 fully saturated rings. The minimum absolute atomic E-state index is 0.00465. The molecule has 1 aliphatic rings. The summed E-state index contributed by atoms with van der Waals surface area (Å²) >= 11 is 0. The Balaban J connectivity index is 3.17. The number of benzene rings is 1. The average Bonchev–Trinajstić information content (AvgIpc) is 3.07. The number of hydrogen-bond donors (Lipinski definition) is 10. The molecule has 2 rings (SSSR count). The zero-order valence-corrected chi connectivity index (χ0v) is 38.4. The third kappa shape index (κ3) is 24.4. The van der Waals surface area contributed by atoms with Gasteiger partial charge < -0.3 is 20.1 Å². The van der Waals surface area contributed by atoms with Gasteiger partial charge in [0.15, 0.2) is 18.5 Å². The fraction of sp³-hybridized carbons (Fsp3) is 0.619. The fourth-order valence-electron chi connectivity index (χ4n) is 5.09. The highest BCUT2D eigenvalue weighted by Crippen LogP contribution is 2.35. The first-order chi connectivity index (χ1) is 29.9. The highest BCUT2D eigenvalue weighted by Gasteiger charge is 2.57. The molecule has 2 amide bonds. The second-order valence-electron chi connectivity index (χ2n) is 12.1. The second-order valence-corrected chi connectivity index (χ2v) is 20.6. The standard InChI is InChI=1S/C21H32N2O36S8/c1-9(24)23-11-4-2-3-10(5-11)6-22-20(25)18(58-66(44,45)46)16(56-64(38,39)40)14(13(54-62(32,33)34)8-51-61(29,30)31)53-21-19(59-67(47,48)49)17(57-65(41,42)43)15(55-63(35,36)37)12(52-21)7-50-60(26,27)28/h2-5,12-19,21H,6-8H2,1H3,(H,22,25)(H,23,24)(H,26,27,28)(H,29,30,31)(H,32,33,34)(H,35,36,37)(H,38,39,40)(H,41,42,43)(H,44,45,46)(H,47,48,49)/t12-,13-,14+,15+,16+,17+,18+,19-,21+/m1/s1. The van der Waals surface area contributed by atoms with Crippen molar-refractivity contribution in [3.63, 3.8) is 0 Å². The molecule has 0 spiro atoms. The maximum Gasteiger partial charge on any atom is 0.398 e. The van der Waals surface area contributed by atoms with E-state index in [2.05, 4.69) is 38.8 Å². The van der Waals surface area contributed by atoms with Gasteiger partial charge in [0, 0.05) is 19.2 Å². The first-order valence-corrected chi connectivity index (χ1v) is 26.9. The van der Waals surface area contributed by atoms with Crippen LogP contribution in [0.2, 0.25) is 0 Å². The van der Waals surface area contributed by atoms with Gasteiger partial charge in [-0.3, -0.25) is 46.0 Å². The van der Waals surface area contributed by atoms with Gasteiger partial charge in [-0.25, -0.2) is 33.5 Å². The summed E-state index contributed by atoms with van der Waals surface area (Å²) in [6.45, 7) is -4.28. The summed E-state index contributed by atoms with van der Waals surface area (Å²) in [6, 6.07) is 4.75. The lowest BCUT2D eigenvalue weighted by Gasteiger charge is -2.45. The molecule has 0 radical (unpaired) electrons. The van der Waals surface area contributed by atoms with Crippen LogP contribution in [0.1, 0.15) is 12.5 Å². The Labute approximate surface area is 377 Å². The lowest BCUT2D eigenvalue weighted by molar-refractivity contribution is -0.312. The molecule has 46 heteroatoms. The zero-order chi connectivity index (χ0) is 51.9. The summed E-state index contributed by atoms with van der Waals surface area (Å²) in [7, 11) is -49.9. The van der Waals surface area contributed by atoms with Gasteiger partial charge in [0.1, 0.15) is 36.6 Å². The Morgan fingerprint density at radius 2 is 1.10 bits per heavy atom. The van der Waals surface area contributed by atoms with Crippen LogP contribution in [0.5, 0.6) is 0 Å². The molecule has 1 aromatic rings. The number of rotatable bonds is 27. The molecule has 1 aromatic carbocycles. The van der Waals surface area contributed by atoms with Crippen LogP contribution in [-0.2, 0) is 142 Å². The average molecular weight is 1150 g/mol. The summed E-state index contributed by atoms with van der Waals surface area (Å²) in [5, 5.41) is 4.09. The number of amides is 2. The monoisotopic (exact) mass is 1140 g/mol. The largest absolute Gasteiger partial charge is 0.398 e. The molecular weight excluding hydrogens is 1110 g/mol. The molecular formula is C21H32N2O36S8. The van der Waals surface area contributed by atoms with E-state index in [1.807, 2.05) is 0 Å². The number of carbonyl (C=O) groups is 2. The van der Waals surface area contributed by atoms with Crippen LogP contribution < -0.4 is 10.6 Å². The molecule has 390 valence electrons. The Kier molecular flexibility index (Phi) is 20.5. The van der Waals surface area contributed by atoms with E-state index in [9.17, 15) is 109 Å². The van der Waals surface area contributed by atoms with Crippen LogP contribution in [0.3, 0.4) is 0 Å². The van der Waals surface area contributed by atoms with E-state index in [-0.39, 0.29) is 11.3 Å². The van der Waals surface area contributed by atoms with Gasteiger partial charge in [-0.15, -0.1) is 0 Å². The predicted molar refractivity (Wildman–Crippen MR) is 200 cm³/mol. The molecule has 0 saturated carbocycles. The molecule has 10 N–H and O–H groups in total. The number of carbonyl (C=O) groups excluding carboxylic acids is 2. The molecule has 9 atom stereocenters. The van der Waals surface area contributed by atoms with E-state index in [1.54, 1.807) is 5.32 Å². The van der Waals surface area contributed by atoms with Crippen molar-refractivity contribution in [3.8, 4) is 0 Å². The minimum Gasteiger partial charge on any atom is -0.350 e. The smallest absolute Gasteiger partial charge is 0.350 e. The molecule has 1 aliphatic heterocycles. The number of hydrogen-bond acceptors (Lipinski definition) is 28. The van der Waals surface area contributed by atoms with Gasteiger partial charge in [-0.05, 0) is 17.7 Å². The third-order valence-electron chi connectivity index (χ3n) is 7.01. The third-order valence-corrected chi connectivity index (χ3v) is 10.7. The molecule has 0 bridgehead atoms. The van der Waals surface area contributed by atoms with Gasteiger partial charge in [0.05, 0.1) is 13.2 Å². The second kappa shape index (κ2) is 22.9. The summed E-state index contributed by atoms with van der Waals surface area (Å²) in [5.41, 5.74) is -0.0880. The molecule has 38 nitrogen and oxygen atoms in total. The summed E-state index contributed by atoms with van der Waals surface area (Å²) in [4.78, 5) is 25.2. The molecule has 1 saturated heterocycles. The van der Waals surface area contributed by atoms with Gasteiger partial charge in [0.25, 0.3) is 5.91 Å². The zero-order valence-electron chi connectivity index (χ0n) is 31.9. The molecule has 0 unspecified atom stereocenters. The van der Waals surface area contributed by atoms with Crippen LogP contribution in [0.4, 0.5) is 5.69 Å². The van der Waals surface area contributed by atoms with Crippen molar-refractivity contribution >= 4 is 101 Å². The topological polar surface area (TPSA) is 585 Å². The van der Waals surface area contributed by atoms with Gasteiger partial charge in [-0.2, -0.15) is 67.3 Å². The van der Waals surface area contributed by atoms with E-state index in [0.29, 0.717) is 0 Å². The molecule has 0 aromatic heterocycles. The maximum absolute atomic E-state index is 13.7. The highest BCUT2D eigenvalue weighted by atomic mass is 32.3.